The SMILES string of the molecule is Cc1ccnc(NP(=O)(O)O)n1.Cl.Cl. The first kappa shape index (κ1) is 16.1. The predicted molar refractivity (Wildman–Crippen MR) is 56.9 cm³/mol. The first-order valence-electron chi connectivity index (χ1n) is 3.11. The molecule has 0 radical (unpaired) electrons. The molecule has 1 aromatic rings. The van der Waals surface area contributed by atoms with Crippen LogP contribution in [0.1, 0.15) is 5.69 Å². The largest absolute Gasteiger partial charge is 0.429 e. The van der Waals surface area contributed by atoms with Gasteiger partial charge in [-0.2, -0.15) is 0 Å². The minimum Gasteiger partial charge on any atom is -0.308 e. The molecule has 0 aliphatic heterocycles. The van der Waals surface area contributed by atoms with Crippen molar-refractivity contribution >= 4 is 38.5 Å². The number of aryl methyl sites for hydroxylation is 1. The van der Waals surface area contributed by atoms with E-state index in [-0.39, 0.29) is 30.8 Å². The fourth-order valence-electron chi connectivity index (χ4n) is 0.633. The number of aromatic nitrogens is 2. The molecule has 0 atom stereocenters. The minimum absolute atomic E-state index is 0. The molecule has 0 aliphatic rings. The van der Waals surface area contributed by atoms with Crippen LogP contribution in [0.3, 0.4) is 0 Å². The molecule has 14 heavy (non-hydrogen) atoms. The second-order valence-electron chi connectivity index (χ2n) is 2.18. The summed E-state index contributed by atoms with van der Waals surface area (Å²) in [4.78, 5) is 24.3. The summed E-state index contributed by atoms with van der Waals surface area (Å²) >= 11 is 0. The Labute approximate surface area is 93.2 Å². The normalized spacial score (nSPS) is 9.64. The van der Waals surface area contributed by atoms with Gasteiger partial charge in [-0.05, 0) is 13.0 Å². The van der Waals surface area contributed by atoms with Crippen molar-refractivity contribution in [3.63, 3.8) is 0 Å². The van der Waals surface area contributed by atoms with E-state index in [0.29, 0.717) is 5.69 Å². The van der Waals surface area contributed by atoms with Gasteiger partial charge in [-0.3, -0.25) is 5.09 Å². The van der Waals surface area contributed by atoms with Crippen LogP contribution in [0, 0.1) is 6.92 Å². The number of nitrogens with one attached hydrogen (secondary N) is 1. The Kier molecular flexibility index (Phi) is 7.07. The van der Waals surface area contributed by atoms with Crippen molar-refractivity contribution in [2.24, 2.45) is 0 Å². The third-order valence-corrected chi connectivity index (χ3v) is 1.53. The lowest BCUT2D eigenvalue weighted by atomic mass is 10.5. The summed E-state index contributed by atoms with van der Waals surface area (Å²) in [7, 11) is -4.28. The van der Waals surface area contributed by atoms with Gasteiger partial charge in [0, 0.05) is 11.9 Å². The molecule has 0 spiro atoms. The van der Waals surface area contributed by atoms with Crippen LogP contribution in [0.5, 0.6) is 0 Å². The lowest BCUT2D eigenvalue weighted by Crippen LogP contribution is -2.00. The predicted octanol–water partition coefficient (Wildman–Crippen LogP) is 1.13. The lowest BCUT2D eigenvalue weighted by molar-refractivity contribution is 0.380. The van der Waals surface area contributed by atoms with Crippen molar-refractivity contribution in [1.29, 1.82) is 0 Å². The van der Waals surface area contributed by atoms with Gasteiger partial charge in [0.1, 0.15) is 0 Å². The summed E-state index contributed by atoms with van der Waals surface area (Å²) in [5.74, 6) is -0.0664. The fraction of sp³-hybridized carbons (Fsp3) is 0.200. The molecule has 3 N–H and O–H groups in total. The Morgan fingerprint density at radius 1 is 1.43 bits per heavy atom. The zero-order valence-electron chi connectivity index (χ0n) is 7.12. The highest BCUT2D eigenvalue weighted by Crippen LogP contribution is 2.33. The number of rotatable bonds is 2. The van der Waals surface area contributed by atoms with Crippen LogP contribution >= 0.6 is 32.6 Å². The highest BCUT2D eigenvalue weighted by molar-refractivity contribution is 7.53. The molecule has 1 heterocycles. The summed E-state index contributed by atoms with van der Waals surface area (Å²) in [6.45, 7) is 1.70. The molecule has 0 bridgehead atoms. The summed E-state index contributed by atoms with van der Waals surface area (Å²) in [6.07, 6.45) is 1.42. The molecule has 0 unspecified atom stereocenters. The quantitative estimate of drug-likeness (QED) is 0.691. The van der Waals surface area contributed by atoms with Crippen molar-refractivity contribution in [2.75, 3.05) is 5.09 Å². The van der Waals surface area contributed by atoms with Crippen LogP contribution in [-0.4, -0.2) is 19.8 Å². The number of hydrogen-bond donors (Lipinski definition) is 3. The van der Waals surface area contributed by atoms with E-state index in [1.54, 1.807) is 13.0 Å². The summed E-state index contributed by atoms with van der Waals surface area (Å²) in [6, 6.07) is 1.63. The summed E-state index contributed by atoms with van der Waals surface area (Å²) < 4.78 is 10.4. The fourth-order valence-corrected chi connectivity index (χ4v) is 1.00. The molecule has 0 aromatic carbocycles. The number of halogens is 2. The Balaban J connectivity index is 0. The standard InChI is InChI=1S/C5H8N3O3P.2ClH/c1-4-2-3-6-5(7-4)8-12(9,10)11;;/h2-3H,1H3,(H3,6,7,8,9,10,11);2*1H. The molecule has 82 valence electrons. The molecule has 0 amide bonds. The number of anilines is 1. The summed E-state index contributed by atoms with van der Waals surface area (Å²) in [5.41, 5.74) is 0.640. The molecule has 0 fully saturated rings. The van der Waals surface area contributed by atoms with E-state index >= 15 is 0 Å². The smallest absolute Gasteiger partial charge is 0.308 e. The van der Waals surface area contributed by atoms with Gasteiger partial charge in [0.25, 0.3) is 0 Å². The average Bonchev–Trinajstić information content (AvgIpc) is 1.82. The van der Waals surface area contributed by atoms with Gasteiger partial charge in [-0.15, -0.1) is 24.8 Å². The van der Waals surface area contributed by atoms with Gasteiger partial charge < -0.3 is 9.79 Å². The molecule has 1 rings (SSSR count). The maximum absolute atomic E-state index is 10.4. The van der Waals surface area contributed by atoms with Crippen LogP contribution in [0.15, 0.2) is 12.3 Å². The molecule has 6 nitrogen and oxygen atoms in total. The van der Waals surface area contributed by atoms with Gasteiger partial charge >= 0.3 is 7.75 Å². The van der Waals surface area contributed by atoms with E-state index in [1.165, 1.54) is 6.20 Å². The number of hydrogen-bond acceptors (Lipinski definition) is 3. The second-order valence-corrected chi connectivity index (χ2v) is 3.49. The van der Waals surface area contributed by atoms with Gasteiger partial charge in [-0.25, -0.2) is 14.5 Å². The lowest BCUT2D eigenvalue weighted by Gasteiger charge is -2.04. The van der Waals surface area contributed by atoms with E-state index in [9.17, 15) is 4.57 Å². The maximum Gasteiger partial charge on any atom is 0.429 e. The van der Waals surface area contributed by atoms with E-state index < -0.39 is 7.75 Å². The first-order chi connectivity index (χ1) is 5.47. The van der Waals surface area contributed by atoms with Gasteiger partial charge in [0.15, 0.2) is 0 Å². The van der Waals surface area contributed by atoms with Crippen LogP contribution in [-0.2, 0) is 4.57 Å². The average molecular weight is 262 g/mol. The van der Waals surface area contributed by atoms with Gasteiger partial charge in [0.2, 0.25) is 5.95 Å². The molecule has 0 saturated heterocycles. The van der Waals surface area contributed by atoms with Gasteiger partial charge in [-0.1, -0.05) is 0 Å². The Bertz CT molecular complexity index is 332. The monoisotopic (exact) mass is 261 g/mol. The Hall–Kier alpha value is -0.390. The van der Waals surface area contributed by atoms with Crippen molar-refractivity contribution in [2.45, 2.75) is 6.92 Å². The van der Waals surface area contributed by atoms with Crippen LogP contribution < -0.4 is 5.09 Å². The Morgan fingerprint density at radius 2 is 2.00 bits per heavy atom. The second kappa shape index (κ2) is 6.16. The molecule has 0 saturated carbocycles. The van der Waals surface area contributed by atoms with Crippen molar-refractivity contribution < 1.29 is 14.4 Å². The van der Waals surface area contributed by atoms with Crippen LogP contribution in [0.4, 0.5) is 5.95 Å². The zero-order chi connectivity index (χ0) is 9.19. The number of nitrogens with zero attached hydrogens (tertiary/aromatic N) is 2. The molecule has 9 heteroatoms. The highest BCUT2D eigenvalue weighted by atomic mass is 35.5. The van der Waals surface area contributed by atoms with E-state index in [0.717, 1.165) is 0 Å². The third kappa shape index (κ3) is 6.12. The topological polar surface area (TPSA) is 95.3 Å². The maximum atomic E-state index is 10.4. The van der Waals surface area contributed by atoms with Crippen molar-refractivity contribution in [3.8, 4) is 0 Å². The van der Waals surface area contributed by atoms with E-state index in [4.69, 9.17) is 9.79 Å². The van der Waals surface area contributed by atoms with E-state index in [1.807, 2.05) is 5.09 Å². The van der Waals surface area contributed by atoms with E-state index in [2.05, 4.69) is 9.97 Å². The molecular weight excluding hydrogens is 252 g/mol. The molecule has 0 aliphatic carbocycles. The van der Waals surface area contributed by atoms with Gasteiger partial charge in [0.05, 0.1) is 0 Å². The summed E-state index contributed by atoms with van der Waals surface area (Å²) in [5, 5.41) is 1.87. The third-order valence-electron chi connectivity index (χ3n) is 1.04. The molecule has 1 aromatic heterocycles. The minimum atomic E-state index is -4.28. The van der Waals surface area contributed by atoms with Crippen LogP contribution in [0.2, 0.25) is 0 Å². The molecular formula is C5H10Cl2N3O3P. The highest BCUT2D eigenvalue weighted by Gasteiger charge is 2.13. The van der Waals surface area contributed by atoms with Crippen LogP contribution in [0.25, 0.3) is 0 Å². The Morgan fingerprint density at radius 3 is 2.43 bits per heavy atom. The van der Waals surface area contributed by atoms with Crippen molar-refractivity contribution in [1.82, 2.24) is 9.97 Å². The van der Waals surface area contributed by atoms with Crippen molar-refractivity contribution in [3.05, 3.63) is 18.0 Å². The zero-order valence-corrected chi connectivity index (χ0v) is 9.64. The first-order valence-corrected chi connectivity index (χ1v) is 4.72.